The predicted octanol–water partition coefficient (Wildman–Crippen LogP) is 2.26. The topological polar surface area (TPSA) is 69.9 Å². The molecule has 0 aliphatic carbocycles. The van der Waals surface area contributed by atoms with E-state index in [-0.39, 0.29) is 30.8 Å². The average molecular weight is 317 g/mol. The molecule has 6 atom stereocenters. The Balaban J connectivity index is 1.60. The smallest absolute Gasteiger partial charge is 0.190 e. The first-order valence-corrected chi connectivity index (χ1v) is 7.81. The van der Waals surface area contributed by atoms with Gasteiger partial charge in [0, 0.05) is 5.56 Å². The van der Waals surface area contributed by atoms with Gasteiger partial charge in [-0.05, 0) is 13.8 Å². The van der Waals surface area contributed by atoms with Crippen LogP contribution in [-0.4, -0.2) is 36.5 Å². The highest BCUT2D eigenvalue weighted by molar-refractivity contribution is 5.17. The van der Waals surface area contributed by atoms with Crippen molar-refractivity contribution in [3.63, 3.8) is 0 Å². The molecular formula is C17H19NO5. The van der Waals surface area contributed by atoms with E-state index in [1.807, 2.05) is 44.2 Å². The molecular weight excluding hydrogens is 298 g/mol. The third-order valence-electron chi connectivity index (χ3n) is 4.34. The summed E-state index contributed by atoms with van der Waals surface area (Å²) in [4.78, 5) is 0. The maximum Gasteiger partial charge on any atom is 0.190 e. The van der Waals surface area contributed by atoms with Crippen LogP contribution in [0.2, 0.25) is 0 Å². The minimum Gasteiger partial charge on any atom is -0.341 e. The maximum absolute atomic E-state index is 9.09. The van der Waals surface area contributed by atoms with Crippen LogP contribution >= 0.6 is 0 Å². The van der Waals surface area contributed by atoms with Gasteiger partial charge in [-0.2, -0.15) is 5.26 Å². The Bertz CT molecular complexity index is 613. The number of hydrogen-bond acceptors (Lipinski definition) is 6. The van der Waals surface area contributed by atoms with E-state index in [0.29, 0.717) is 0 Å². The first-order valence-electron chi connectivity index (χ1n) is 7.81. The molecule has 122 valence electrons. The molecule has 3 heterocycles. The molecule has 0 bridgehead atoms. The van der Waals surface area contributed by atoms with Crippen LogP contribution in [0.1, 0.15) is 32.1 Å². The van der Waals surface area contributed by atoms with E-state index >= 15 is 0 Å². The Hall–Kier alpha value is -1.49. The Labute approximate surface area is 134 Å². The molecule has 6 nitrogen and oxygen atoms in total. The second kappa shape index (κ2) is 5.55. The van der Waals surface area contributed by atoms with E-state index in [9.17, 15) is 0 Å². The zero-order valence-electron chi connectivity index (χ0n) is 13.0. The number of hydrogen-bond donors (Lipinski definition) is 0. The van der Waals surface area contributed by atoms with Crippen LogP contribution < -0.4 is 0 Å². The largest absolute Gasteiger partial charge is 0.341 e. The van der Waals surface area contributed by atoms with E-state index in [4.69, 9.17) is 28.9 Å². The molecule has 0 spiro atoms. The third-order valence-corrected chi connectivity index (χ3v) is 4.34. The van der Waals surface area contributed by atoms with Crippen LogP contribution in [0.3, 0.4) is 0 Å². The molecule has 0 aromatic heterocycles. The van der Waals surface area contributed by atoms with E-state index in [1.165, 1.54) is 0 Å². The molecule has 23 heavy (non-hydrogen) atoms. The van der Waals surface area contributed by atoms with Crippen LogP contribution in [0.15, 0.2) is 30.3 Å². The summed E-state index contributed by atoms with van der Waals surface area (Å²) in [6.07, 6.45) is -2.16. The molecule has 3 aliphatic rings. The SMILES string of the molecule is CC1(C)O[C@H]2O[C@H]3[C@H](O[C@H](c4ccccc4)O[C@H]3CC#N)[C@H]2O1. The lowest BCUT2D eigenvalue weighted by Gasteiger charge is -2.39. The summed E-state index contributed by atoms with van der Waals surface area (Å²) in [5.41, 5.74) is 0.913. The normalized spacial score (nSPS) is 41.1. The van der Waals surface area contributed by atoms with Crippen molar-refractivity contribution in [1.82, 2.24) is 0 Å². The number of ether oxygens (including phenoxy) is 5. The van der Waals surface area contributed by atoms with Crippen LogP contribution in [0, 0.1) is 11.3 Å². The summed E-state index contributed by atoms with van der Waals surface area (Å²) in [5, 5.41) is 9.09. The minimum absolute atomic E-state index is 0.233. The van der Waals surface area contributed by atoms with Gasteiger partial charge in [0.2, 0.25) is 0 Å². The fourth-order valence-electron chi connectivity index (χ4n) is 3.39. The van der Waals surface area contributed by atoms with Crippen molar-refractivity contribution in [2.75, 3.05) is 0 Å². The van der Waals surface area contributed by atoms with Gasteiger partial charge in [0.15, 0.2) is 18.4 Å². The van der Waals surface area contributed by atoms with E-state index in [1.54, 1.807) is 0 Å². The minimum atomic E-state index is -0.699. The number of nitriles is 1. The number of fused-ring (bicyclic) bond motifs is 3. The average Bonchev–Trinajstić information content (AvgIpc) is 3.01. The van der Waals surface area contributed by atoms with Crippen molar-refractivity contribution in [2.45, 2.75) is 63.1 Å². The summed E-state index contributed by atoms with van der Waals surface area (Å²) in [7, 11) is 0. The van der Waals surface area contributed by atoms with E-state index in [0.717, 1.165) is 5.56 Å². The predicted molar refractivity (Wildman–Crippen MR) is 77.9 cm³/mol. The molecule has 3 saturated heterocycles. The lowest BCUT2D eigenvalue weighted by atomic mass is 10.0. The summed E-state index contributed by atoms with van der Waals surface area (Å²) in [6.45, 7) is 3.70. The Kier molecular flexibility index (Phi) is 3.63. The van der Waals surface area contributed by atoms with Gasteiger partial charge in [0.1, 0.15) is 24.4 Å². The standard InChI is InChI=1S/C17H19NO5/c1-17(2)22-14-13-12(20-16(14)23-17)11(8-9-18)19-15(21-13)10-6-4-3-5-7-10/h3-7,11-16H,8H2,1-2H3/t11-,12+,13-,14+,15+,16+/m0/s1. The van der Waals surface area contributed by atoms with Crippen LogP contribution in [0.4, 0.5) is 0 Å². The second-order valence-electron chi connectivity index (χ2n) is 6.45. The highest BCUT2D eigenvalue weighted by Gasteiger charge is 2.60. The molecule has 0 radical (unpaired) electrons. The zero-order chi connectivity index (χ0) is 16.0. The monoisotopic (exact) mass is 317 g/mol. The van der Waals surface area contributed by atoms with Crippen molar-refractivity contribution in [2.24, 2.45) is 0 Å². The van der Waals surface area contributed by atoms with Crippen molar-refractivity contribution >= 4 is 0 Å². The first kappa shape index (κ1) is 15.1. The quantitative estimate of drug-likeness (QED) is 0.833. The molecule has 3 fully saturated rings. The van der Waals surface area contributed by atoms with Gasteiger partial charge in [0.25, 0.3) is 0 Å². The first-order chi connectivity index (χ1) is 11.1. The van der Waals surface area contributed by atoms with Gasteiger partial charge in [-0.1, -0.05) is 30.3 Å². The lowest BCUT2D eigenvalue weighted by Crippen LogP contribution is -2.49. The van der Waals surface area contributed by atoms with Crippen molar-refractivity contribution < 1.29 is 23.7 Å². The Morgan fingerprint density at radius 3 is 2.52 bits per heavy atom. The van der Waals surface area contributed by atoms with Crippen LogP contribution in [0.25, 0.3) is 0 Å². The second-order valence-corrected chi connectivity index (χ2v) is 6.45. The van der Waals surface area contributed by atoms with Crippen molar-refractivity contribution in [3.05, 3.63) is 35.9 Å². The Morgan fingerprint density at radius 2 is 1.78 bits per heavy atom. The summed E-state index contributed by atoms with van der Waals surface area (Å²) < 4.78 is 29.7. The van der Waals surface area contributed by atoms with E-state index < -0.39 is 18.4 Å². The van der Waals surface area contributed by atoms with Crippen LogP contribution in [0.5, 0.6) is 0 Å². The van der Waals surface area contributed by atoms with Gasteiger partial charge in [-0.15, -0.1) is 0 Å². The fourth-order valence-corrected chi connectivity index (χ4v) is 3.39. The van der Waals surface area contributed by atoms with Gasteiger partial charge >= 0.3 is 0 Å². The van der Waals surface area contributed by atoms with Gasteiger partial charge in [-0.25, -0.2) is 0 Å². The molecule has 4 rings (SSSR count). The molecule has 0 unspecified atom stereocenters. The van der Waals surface area contributed by atoms with Crippen molar-refractivity contribution in [3.8, 4) is 6.07 Å². The Morgan fingerprint density at radius 1 is 1.00 bits per heavy atom. The summed E-state index contributed by atoms with van der Waals surface area (Å²) in [6, 6.07) is 11.8. The molecule has 3 aliphatic heterocycles. The fraction of sp³-hybridized carbons (Fsp3) is 0.588. The van der Waals surface area contributed by atoms with Crippen molar-refractivity contribution in [1.29, 1.82) is 5.26 Å². The molecule has 1 aromatic carbocycles. The number of nitrogens with zero attached hydrogens (tertiary/aromatic N) is 1. The number of benzene rings is 1. The third kappa shape index (κ3) is 2.65. The number of rotatable bonds is 2. The molecule has 1 aromatic rings. The molecule has 0 amide bonds. The summed E-state index contributed by atoms with van der Waals surface area (Å²) in [5.74, 6) is -0.699. The van der Waals surface area contributed by atoms with Gasteiger partial charge < -0.3 is 23.7 Å². The van der Waals surface area contributed by atoms with Gasteiger partial charge in [0.05, 0.1) is 12.5 Å². The highest BCUT2D eigenvalue weighted by Crippen LogP contribution is 2.45. The van der Waals surface area contributed by atoms with Crippen LogP contribution in [-0.2, 0) is 23.7 Å². The molecule has 0 saturated carbocycles. The van der Waals surface area contributed by atoms with E-state index in [2.05, 4.69) is 6.07 Å². The maximum atomic E-state index is 9.09. The lowest BCUT2D eigenvalue weighted by molar-refractivity contribution is -0.308. The van der Waals surface area contributed by atoms with Gasteiger partial charge in [-0.3, -0.25) is 0 Å². The molecule has 0 N–H and O–H groups in total. The highest BCUT2D eigenvalue weighted by atomic mass is 16.9. The zero-order valence-corrected chi connectivity index (χ0v) is 13.0. The molecule has 6 heteroatoms. The summed E-state index contributed by atoms with van der Waals surface area (Å²) >= 11 is 0.